The van der Waals surface area contributed by atoms with Crippen LogP contribution in [0.15, 0.2) is 18.2 Å². The van der Waals surface area contributed by atoms with Crippen molar-refractivity contribution in [2.24, 2.45) is 0 Å². The average Bonchev–Trinajstić information content (AvgIpc) is 2.18. The maximum absolute atomic E-state index is 12.8. The van der Waals surface area contributed by atoms with E-state index in [0.717, 1.165) is 24.4 Å². The number of halogens is 2. The summed E-state index contributed by atoms with van der Waals surface area (Å²) >= 11 is 7.45. The van der Waals surface area contributed by atoms with Crippen LogP contribution in [0.1, 0.15) is 6.42 Å². The molecule has 0 spiro atoms. The Balaban J connectivity index is 2.39. The van der Waals surface area contributed by atoms with E-state index in [-0.39, 0.29) is 10.8 Å². The number of thioether (sulfide) groups is 1. The molecule has 0 fully saturated rings. The van der Waals surface area contributed by atoms with E-state index >= 15 is 0 Å². The summed E-state index contributed by atoms with van der Waals surface area (Å²) in [6.45, 7) is 0.892. The molecule has 0 saturated heterocycles. The van der Waals surface area contributed by atoms with Crippen LogP contribution < -0.4 is 5.32 Å². The molecule has 0 atom stereocenters. The Morgan fingerprint density at radius 3 is 2.93 bits per heavy atom. The van der Waals surface area contributed by atoms with Gasteiger partial charge in [-0.15, -0.1) is 0 Å². The van der Waals surface area contributed by atoms with Gasteiger partial charge in [0.15, 0.2) is 0 Å². The van der Waals surface area contributed by atoms with Crippen LogP contribution in [0.3, 0.4) is 0 Å². The molecule has 0 unspecified atom stereocenters. The quantitative estimate of drug-likeness (QED) is 0.780. The van der Waals surface area contributed by atoms with E-state index in [1.165, 1.54) is 6.07 Å². The lowest BCUT2D eigenvalue weighted by molar-refractivity contribution is 0.628. The largest absolute Gasteiger partial charge is 0.385 e. The minimum atomic E-state index is -0.374. The van der Waals surface area contributed by atoms with Crippen molar-refractivity contribution in [3.63, 3.8) is 0 Å². The van der Waals surface area contributed by atoms with Gasteiger partial charge in [-0.05, 0) is 36.6 Å². The molecule has 0 heterocycles. The Morgan fingerprint density at radius 1 is 1.50 bits per heavy atom. The molecule has 0 aromatic heterocycles. The van der Waals surface area contributed by atoms with Crippen molar-refractivity contribution in [1.82, 2.24) is 0 Å². The molecule has 0 saturated carbocycles. The Bertz CT molecular complexity index is 293. The van der Waals surface area contributed by atoms with E-state index in [1.54, 1.807) is 12.1 Å². The van der Waals surface area contributed by atoms with Gasteiger partial charge >= 0.3 is 0 Å². The van der Waals surface area contributed by atoms with Crippen LogP contribution in [0.4, 0.5) is 10.1 Å². The molecule has 0 bridgehead atoms. The van der Waals surface area contributed by atoms with Crippen LogP contribution in [-0.2, 0) is 0 Å². The zero-order valence-electron chi connectivity index (χ0n) is 8.02. The molecule has 0 radical (unpaired) electrons. The topological polar surface area (TPSA) is 12.0 Å². The molecule has 1 N–H and O–H groups in total. The minimum Gasteiger partial charge on any atom is -0.385 e. The summed E-state index contributed by atoms with van der Waals surface area (Å²) in [4.78, 5) is 0. The van der Waals surface area contributed by atoms with Gasteiger partial charge in [0.1, 0.15) is 5.82 Å². The summed E-state index contributed by atoms with van der Waals surface area (Å²) in [7, 11) is 0. The first kappa shape index (κ1) is 11.7. The number of nitrogens with one attached hydrogen (secondary N) is 1. The summed E-state index contributed by atoms with van der Waals surface area (Å²) in [5, 5.41) is 3.35. The third-order valence-corrected chi connectivity index (χ3v) is 2.76. The van der Waals surface area contributed by atoms with Gasteiger partial charge in [0, 0.05) is 12.2 Å². The third-order valence-electron chi connectivity index (χ3n) is 1.77. The summed E-state index contributed by atoms with van der Waals surface area (Å²) in [5.41, 5.74) is 0.873. The zero-order valence-corrected chi connectivity index (χ0v) is 9.59. The molecular weight excluding hydrogens is 221 g/mol. The van der Waals surface area contributed by atoms with Crippen LogP contribution in [0.2, 0.25) is 5.02 Å². The Morgan fingerprint density at radius 2 is 2.29 bits per heavy atom. The van der Waals surface area contributed by atoms with Crippen LogP contribution in [0, 0.1) is 5.82 Å². The highest BCUT2D eigenvalue weighted by Crippen LogP contribution is 2.19. The standard InChI is InChI=1S/C10H13ClFNS/c1-14-6-2-5-13-8-3-4-10(12)9(11)7-8/h3-4,7,13H,2,5-6H2,1H3. The van der Waals surface area contributed by atoms with E-state index in [1.807, 2.05) is 11.8 Å². The van der Waals surface area contributed by atoms with Gasteiger partial charge in [-0.2, -0.15) is 11.8 Å². The molecule has 1 aromatic carbocycles. The Hall–Kier alpha value is -0.410. The molecule has 1 rings (SSSR count). The van der Waals surface area contributed by atoms with Crippen LogP contribution in [0.5, 0.6) is 0 Å². The average molecular weight is 234 g/mol. The second kappa shape index (κ2) is 6.14. The molecule has 0 aliphatic carbocycles. The fourth-order valence-electron chi connectivity index (χ4n) is 1.06. The van der Waals surface area contributed by atoms with Crippen LogP contribution in [-0.4, -0.2) is 18.6 Å². The van der Waals surface area contributed by atoms with E-state index in [4.69, 9.17) is 11.6 Å². The second-order valence-electron chi connectivity index (χ2n) is 2.90. The molecule has 1 aromatic rings. The monoisotopic (exact) mass is 233 g/mol. The summed E-state index contributed by atoms with van der Waals surface area (Å²) in [5.74, 6) is 0.753. The lowest BCUT2D eigenvalue weighted by Crippen LogP contribution is -2.02. The molecule has 4 heteroatoms. The predicted molar refractivity (Wildman–Crippen MR) is 62.9 cm³/mol. The molecule has 1 nitrogen and oxygen atoms in total. The van der Waals surface area contributed by atoms with Gasteiger partial charge in [-0.3, -0.25) is 0 Å². The lowest BCUT2D eigenvalue weighted by atomic mass is 10.3. The van der Waals surface area contributed by atoms with Crippen molar-refractivity contribution in [1.29, 1.82) is 0 Å². The number of hydrogen-bond donors (Lipinski definition) is 1. The van der Waals surface area contributed by atoms with Crippen molar-refractivity contribution in [3.8, 4) is 0 Å². The van der Waals surface area contributed by atoms with Crippen molar-refractivity contribution >= 4 is 29.1 Å². The maximum atomic E-state index is 12.8. The highest BCUT2D eigenvalue weighted by Gasteiger charge is 1.99. The molecular formula is C10H13ClFNS. The molecule has 0 amide bonds. The van der Waals surface area contributed by atoms with Gasteiger partial charge in [-0.25, -0.2) is 4.39 Å². The first-order valence-electron chi connectivity index (χ1n) is 4.42. The first-order chi connectivity index (χ1) is 6.74. The molecule has 78 valence electrons. The number of benzene rings is 1. The highest BCUT2D eigenvalue weighted by molar-refractivity contribution is 7.98. The van der Waals surface area contributed by atoms with Gasteiger partial charge < -0.3 is 5.32 Å². The van der Waals surface area contributed by atoms with Gasteiger partial charge in [0.2, 0.25) is 0 Å². The zero-order chi connectivity index (χ0) is 10.4. The van der Waals surface area contributed by atoms with Crippen molar-refractivity contribution in [2.75, 3.05) is 23.9 Å². The van der Waals surface area contributed by atoms with Crippen LogP contribution >= 0.6 is 23.4 Å². The molecule has 14 heavy (non-hydrogen) atoms. The Kier molecular flexibility index (Phi) is 5.12. The fourth-order valence-corrected chi connectivity index (χ4v) is 1.67. The maximum Gasteiger partial charge on any atom is 0.141 e. The lowest BCUT2D eigenvalue weighted by Gasteiger charge is -2.06. The van der Waals surface area contributed by atoms with Crippen molar-refractivity contribution in [3.05, 3.63) is 29.0 Å². The normalized spacial score (nSPS) is 10.2. The highest BCUT2D eigenvalue weighted by atomic mass is 35.5. The SMILES string of the molecule is CSCCCNc1ccc(F)c(Cl)c1. The molecule has 0 aliphatic rings. The smallest absolute Gasteiger partial charge is 0.141 e. The van der Waals surface area contributed by atoms with Crippen molar-refractivity contribution < 1.29 is 4.39 Å². The number of hydrogen-bond acceptors (Lipinski definition) is 2. The number of rotatable bonds is 5. The van der Waals surface area contributed by atoms with Gasteiger partial charge in [-0.1, -0.05) is 11.6 Å². The van der Waals surface area contributed by atoms with Gasteiger partial charge in [0.25, 0.3) is 0 Å². The molecule has 0 aliphatic heterocycles. The van der Waals surface area contributed by atoms with E-state index in [9.17, 15) is 4.39 Å². The van der Waals surface area contributed by atoms with Crippen LogP contribution in [0.25, 0.3) is 0 Å². The number of anilines is 1. The summed E-state index contributed by atoms with van der Waals surface area (Å²) in [6.07, 6.45) is 3.17. The van der Waals surface area contributed by atoms with Gasteiger partial charge in [0.05, 0.1) is 5.02 Å². The second-order valence-corrected chi connectivity index (χ2v) is 4.29. The third kappa shape index (κ3) is 3.76. The summed E-state index contributed by atoms with van der Waals surface area (Å²) in [6, 6.07) is 4.68. The predicted octanol–water partition coefficient (Wildman–Crippen LogP) is 3.64. The first-order valence-corrected chi connectivity index (χ1v) is 6.19. The minimum absolute atomic E-state index is 0.167. The Labute approximate surface area is 93.0 Å². The van der Waals surface area contributed by atoms with Crippen molar-refractivity contribution in [2.45, 2.75) is 6.42 Å². The van der Waals surface area contributed by atoms with E-state index in [2.05, 4.69) is 11.6 Å². The van der Waals surface area contributed by atoms with E-state index in [0.29, 0.717) is 0 Å². The fraction of sp³-hybridized carbons (Fsp3) is 0.400. The van der Waals surface area contributed by atoms with E-state index < -0.39 is 0 Å². The summed E-state index contributed by atoms with van der Waals surface area (Å²) < 4.78 is 12.8.